The van der Waals surface area contributed by atoms with Crippen molar-refractivity contribution < 1.29 is 22.7 Å². The van der Waals surface area contributed by atoms with E-state index >= 15 is 0 Å². The highest BCUT2D eigenvalue weighted by molar-refractivity contribution is 7.89. The summed E-state index contributed by atoms with van der Waals surface area (Å²) in [6.07, 6.45) is 0.599. The summed E-state index contributed by atoms with van der Waals surface area (Å²) >= 11 is 5.92. The molecule has 2 aromatic rings. The van der Waals surface area contributed by atoms with Crippen LogP contribution in [0, 0.1) is 0 Å². The van der Waals surface area contributed by atoms with Gasteiger partial charge in [0.2, 0.25) is 10.0 Å². The molecule has 168 valence electrons. The van der Waals surface area contributed by atoms with Gasteiger partial charge in [0.15, 0.2) is 0 Å². The smallest absolute Gasteiger partial charge is 0.317 e. The largest absolute Gasteiger partial charge is 0.497 e. The zero-order valence-electron chi connectivity index (χ0n) is 17.5. The number of amides is 2. The third kappa shape index (κ3) is 5.61. The summed E-state index contributed by atoms with van der Waals surface area (Å²) in [6, 6.07) is 11.5. The van der Waals surface area contributed by atoms with Crippen molar-refractivity contribution in [3.63, 3.8) is 0 Å². The van der Waals surface area contributed by atoms with Gasteiger partial charge in [-0.05, 0) is 36.2 Å². The van der Waals surface area contributed by atoms with Gasteiger partial charge in [-0.1, -0.05) is 23.7 Å². The van der Waals surface area contributed by atoms with E-state index in [4.69, 9.17) is 21.1 Å². The van der Waals surface area contributed by atoms with Crippen molar-refractivity contribution in [2.24, 2.45) is 0 Å². The number of urea groups is 1. The lowest BCUT2D eigenvalue weighted by molar-refractivity contribution is 0.172. The molecule has 0 spiro atoms. The fraction of sp³-hybridized carbons (Fsp3) is 0.381. The topological polar surface area (TPSA) is 88.2 Å². The zero-order chi connectivity index (χ0) is 22.4. The van der Waals surface area contributed by atoms with Crippen LogP contribution in [-0.4, -0.2) is 70.6 Å². The fourth-order valence-corrected chi connectivity index (χ4v) is 5.11. The van der Waals surface area contributed by atoms with E-state index in [2.05, 4.69) is 5.32 Å². The van der Waals surface area contributed by atoms with Crippen LogP contribution in [0.15, 0.2) is 47.4 Å². The van der Waals surface area contributed by atoms with Gasteiger partial charge in [0.25, 0.3) is 0 Å². The van der Waals surface area contributed by atoms with Crippen molar-refractivity contribution >= 4 is 27.7 Å². The Kier molecular flexibility index (Phi) is 7.64. The second-order valence-corrected chi connectivity index (χ2v) is 9.38. The number of halogens is 1. The van der Waals surface area contributed by atoms with Gasteiger partial charge < -0.3 is 19.7 Å². The van der Waals surface area contributed by atoms with E-state index in [0.717, 1.165) is 5.56 Å². The lowest BCUT2D eigenvalue weighted by Gasteiger charge is -2.34. The summed E-state index contributed by atoms with van der Waals surface area (Å²) in [7, 11) is -0.451. The number of carbonyl (C=O) groups excluding carboxylic acids is 1. The molecule has 8 nitrogen and oxygen atoms in total. The Bertz CT molecular complexity index is 1020. The summed E-state index contributed by atoms with van der Waals surface area (Å²) in [6.45, 7) is 1.53. The van der Waals surface area contributed by atoms with Crippen LogP contribution in [0.1, 0.15) is 5.56 Å². The minimum atomic E-state index is -3.63. The first-order valence-electron chi connectivity index (χ1n) is 9.84. The molecule has 0 atom stereocenters. The first-order chi connectivity index (χ1) is 14.8. The number of piperazine rings is 1. The van der Waals surface area contributed by atoms with Crippen LogP contribution in [0.4, 0.5) is 4.79 Å². The average molecular weight is 468 g/mol. The zero-order valence-corrected chi connectivity index (χ0v) is 19.1. The van der Waals surface area contributed by atoms with Crippen LogP contribution in [0.25, 0.3) is 0 Å². The van der Waals surface area contributed by atoms with Crippen LogP contribution in [-0.2, 0) is 16.4 Å². The van der Waals surface area contributed by atoms with Crippen LogP contribution in [0.3, 0.4) is 0 Å². The number of carbonyl (C=O) groups is 1. The fourth-order valence-electron chi connectivity index (χ4n) is 3.38. The molecular formula is C21H26ClN3O5S. The number of hydrogen-bond donors (Lipinski definition) is 1. The van der Waals surface area contributed by atoms with Crippen LogP contribution in [0.5, 0.6) is 11.5 Å². The SMILES string of the molecule is COc1ccc(CCNC(=O)N2CCN(S(=O)(=O)c3cccc(Cl)c3)CC2)c(OC)c1. The Hall–Kier alpha value is -2.49. The van der Waals surface area contributed by atoms with E-state index in [-0.39, 0.29) is 24.0 Å². The molecule has 1 aliphatic rings. The highest BCUT2D eigenvalue weighted by atomic mass is 35.5. The third-order valence-corrected chi connectivity index (χ3v) is 7.25. The maximum atomic E-state index is 12.8. The number of methoxy groups -OCH3 is 2. The molecule has 2 aromatic carbocycles. The maximum absolute atomic E-state index is 12.8. The van der Waals surface area contributed by atoms with Gasteiger partial charge in [-0.25, -0.2) is 13.2 Å². The van der Waals surface area contributed by atoms with E-state index in [0.29, 0.717) is 42.6 Å². The molecule has 0 aromatic heterocycles. The second-order valence-electron chi connectivity index (χ2n) is 7.01. The minimum absolute atomic E-state index is 0.159. The Labute approximate surface area is 187 Å². The lowest BCUT2D eigenvalue weighted by atomic mass is 10.1. The van der Waals surface area contributed by atoms with E-state index in [1.807, 2.05) is 12.1 Å². The number of sulfonamides is 1. The van der Waals surface area contributed by atoms with Crippen molar-refractivity contribution in [2.45, 2.75) is 11.3 Å². The van der Waals surface area contributed by atoms with Gasteiger partial charge in [0, 0.05) is 43.8 Å². The normalized spacial score (nSPS) is 14.9. The van der Waals surface area contributed by atoms with Crippen LogP contribution < -0.4 is 14.8 Å². The highest BCUT2D eigenvalue weighted by Gasteiger charge is 2.30. The molecule has 1 N–H and O–H groups in total. The Morgan fingerprint density at radius 1 is 1.06 bits per heavy atom. The van der Waals surface area contributed by atoms with Crippen molar-refractivity contribution in [1.82, 2.24) is 14.5 Å². The van der Waals surface area contributed by atoms with E-state index in [1.54, 1.807) is 37.3 Å². The average Bonchev–Trinajstić information content (AvgIpc) is 2.79. The predicted molar refractivity (Wildman–Crippen MR) is 118 cm³/mol. The summed E-state index contributed by atoms with van der Waals surface area (Å²) < 4.78 is 37.5. The summed E-state index contributed by atoms with van der Waals surface area (Å²) in [4.78, 5) is 14.3. The second kappa shape index (κ2) is 10.2. The van der Waals surface area contributed by atoms with E-state index < -0.39 is 10.0 Å². The first kappa shape index (κ1) is 23.2. The highest BCUT2D eigenvalue weighted by Crippen LogP contribution is 2.25. The molecule has 10 heteroatoms. The quantitative estimate of drug-likeness (QED) is 0.676. The number of ether oxygens (including phenoxy) is 2. The number of hydrogen-bond acceptors (Lipinski definition) is 5. The van der Waals surface area contributed by atoms with Gasteiger partial charge in [-0.15, -0.1) is 0 Å². The molecule has 1 fully saturated rings. The maximum Gasteiger partial charge on any atom is 0.317 e. The van der Waals surface area contributed by atoms with Crippen LogP contribution in [0.2, 0.25) is 5.02 Å². The summed E-state index contributed by atoms with van der Waals surface area (Å²) in [5, 5.41) is 3.26. The molecule has 3 rings (SSSR count). The van der Waals surface area contributed by atoms with Gasteiger partial charge in [-0.2, -0.15) is 4.31 Å². The predicted octanol–water partition coefficient (Wildman–Crippen LogP) is 2.62. The molecule has 1 aliphatic heterocycles. The number of rotatable bonds is 7. The molecule has 0 bridgehead atoms. The Morgan fingerprint density at radius 2 is 1.81 bits per heavy atom. The number of nitrogens with one attached hydrogen (secondary N) is 1. The molecule has 2 amide bonds. The van der Waals surface area contributed by atoms with Crippen molar-refractivity contribution in [2.75, 3.05) is 46.9 Å². The molecule has 1 heterocycles. The molecule has 1 saturated heterocycles. The summed E-state index contributed by atoms with van der Waals surface area (Å²) in [5.74, 6) is 1.41. The number of benzene rings is 2. The Morgan fingerprint density at radius 3 is 2.45 bits per heavy atom. The number of nitrogens with zero attached hydrogens (tertiary/aromatic N) is 2. The minimum Gasteiger partial charge on any atom is -0.497 e. The molecule has 0 saturated carbocycles. The monoisotopic (exact) mass is 467 g/mol. The first-order valence-corrected chi connectivity index (χ1v) is 11.7. The molecule has 0 unspecified atom stereocenters. The van der Waals surface area contributed by atoms with Gasteiger partial charge in [0.05, 0.1) is 19.1 Å². The van der Waals surface area contributed by atoms with Gasteiger partial charge in [0.1, 0.15) is 11.5 Å². The Balaban J connectivity index is 1.50. The molecular weight excluding hydrogens is 442 g/mol. The van der Waals surface area contributed by atoms with Gasteiger partial charge in [-0.3, -0.25) is 0 Å². The van der Waals surface area contributed by atoms with Crippen molar-refractivity contribution in [1.29, 1.82) is 0 Å². The van der Waals surface area contributed by atoms with E-state index in [1.165, 1.54) is 16.4 Å². The third-order valence-electron chi connectivity index (χ3n) is 5.12. The van der Waals surface area contributed by atoms with Gasteiger partial charge >= 0.3 is 6.03 Å². The van der Waals surface area contributed by atoms with Crippen LogP contribution >= 0.6 is 11.6 Å². The summed E-state index contributed by atoms with van der Waals surface area (Å²) in [5.41, 5.74) is 0.959. The van der Waals surface area contributed by atoms with Crippen molar-refractivity contribution in [3.05, 3.63) is 53.1 Å². The lowest BCUT2D eigenvalue weighted by Crippen LogP contribution is -2.53. The standard InChI is InChI=1S/C21H26ClN3O5S/c1-29-18-7-6-16(20(15-18)30-2)8-9-23-21(26)24-10-12-25(13-11-24)31(27,28)19-5-3-4-17(22)14-19/h3-7,14-15H,8-13H2,1-2H3,(H,23,26). The molecule has 0 aliphatic carbocycles. The molecule has 31 heavy (non-hydrogen) atoms. The molecule has 0 radical (unpaired) electrons. The van der Waals surface area contributed by atoms with E-state index in [9.17, 15) is 13.2 Å². The van der Waals surface area contributed by atoms with Crippen molar-refractivity contribution in [3.8, 4) is 11.5 Å².